The third-order valence-electron chi connectivity index (χ3n) is 6.06. The summed E-state index contributed by atoms with van der Waals surface area (Å²) in [7, 11) is -3.55. The number of sulfonamides is 1. The Balaban J connectivity index is 1.57. The van der Waals surface area contributed by atoms with Gasteiger partial charge in [-0.05, 0) is 43.6 Å². The summed E-state index contributed by atoms with van der Waals surface area (Å²) in [6.45, 7) is -1.23. The number of hydrogen-bond donors (Lipinski definition) is 2. The molecule has 0 bridgehead atoms. The van der Waals surface area contributed by atoms with Crippen LogP contribution in [-0.2, 0) is 14.8 Å². The Morgan fingerprint density at radius 1 is 1.12 bits per heavy atom. The van der Waals surface area contributed by atoms with Crippen molar-refractivity contribution < 1.29 is 31.1 Å². The second-order valence-corrected chi connectivity index (χ2v) is 10.3. The molecule has 1 heterocycles. The largest absolute Gasteiger partial charge is 0.405 e. The molecule has 180 valence electrons. The lowest BCUT2D eigenvalue weighted by Crippen LogP contribution is -2.52. The van der Waals surface area contributed by atoms with Gasteiger partial charge in [0.25, 0.3) is 0 Å². The maximum atomic E-state index is 12.5. The van der Waals surface area contributed by atoms with Crippen LogP contribution in [0.25, 0.3) is 0 Å². The molecular formula is C21H30F3N3O4S. The summed E-state index contributed by atoms with van der Waals surface area (Å²) in [4.78, 5) is 13.6. The summed E-state index contributed by atoms with van der Waals surface area (Å²) in [5, 5.41) is 1.87. The molecule has 1 aromatic rings. The van der Waals surface area contributed by atoms with Crippen molar-refractivity contribution in [1.82, 2.24) is 14.9 Å². The number of ether oxygens (including phenoxy) is 1. The molecule has 2 amide bonds. The molecule has 2 aliphatic rings. The molecular weight excluding hydrogens is 447 g/mol. The molecule has 2 atom stereocenters. The lowest BCUT2D eigenvalue weighted by Gasteiger charge is -2.33. The fourth-order valence-electron chi connectivity index (χ4n) is 4.52. The number of hydrogen-bond acceptors (Lipinski definition) is 4. The van der Waals surface area contributed by atoms with Crippen molar-refractivity contribution >= 4 is 16.1 Å². The lowest BCUT2D eigenvalue weighted by atomic mass is 9.83. The Morgan fingerprint density at radius 3 is 2.38 bits per heavy atom. The number of alkyl halides is 3. The van der Waals surface area contributed by atoms with Crippen molar-refractivity contribution in [1.29, 1.82) is 0 Å². The number of halogens is 3. The predicted octanol–water partition coefficient (Wildman–Crippen LogP) is 2.99. The third-order valence-corrected chi connectivity index (χ3v) is 6.79. The number of nitrogens with zero attached hydrogens (tertiary/aromatic N) is 1. The Kier molecular flexibility index (Phi) is 8.05. The molecule has 0 radical (unpaired) electrons. The van der Waals surface area contributed by atoms with Crippen molar-refractivity contribution in [3.8, 4) is 0 Å². The molecule has 3 rings (SSSR count). The first-order chi connectivity index (χ1) is 15.0. The van der Waals surface area contributed by atoms with E-state index in [4.69, 9.17) is 4.74 Å². The fraction of sp³-hybridized carbons (Fsp3) is 0.667. The van der Waals surface area contributed by atoms with Gasteiger partial charge in [-0.2, -0.15) is 13.2 Å². The second-order valence-electron chi connectivity index (χ2n) is 8.54. The van der Waals surface area contributed by atoms with E-state index in [0.717, 1.165) is 31.9 Å². The van der Waals surface area contributed by atoms with Crippen LogP contribution in [0.3, 0.4) is 0 Å². The fourth-order valence-corrected chi connectivity index (χ4v) is 5.35. The third kappa shape index (κ3) is 7.35. The van der Waals surface area contributed by atoms with Gasteiger partial charge in [-0.3, -0.25) is 0 Å². The van der Waals surface area contributed by atoms with Gasteiger partial charge in [0.1, 0.15) is 6.54 Å². The number of benzene rings is 1. The molecule has 1 saturated heterocycles. The van der Waals surface area contributed by atoms with Crippen LogP contribution in [0, 0.1) is 0 Å². The van der Waals surface area contributed by atoms with Gasteiger partial charge in [-0.25, -0.2) is 17.9 Å². The molecule has 0 aromatic heterocycles. The summed E-state index contributed by atoms with van der Waals surface area (Å²) in [5.41, 5.74) is 1.30. The van der Waals surface area contributed by atoms with E-state index >= 15 is 0 Å². The molecule has 11 heteroatoms. The van der Waals surface area contributed by atoms with E-state index in [9.17, 15) is 26.4 Å². The highest BCUT2D eigenvalue weighted by molar-refractivity contribution is 7.88. The highest BCUT2D eigenvalue weighted by Gasteiger charge is 2.40. The minimum absolute atomic E-state index is 0.0328. The van der Waals surface area contributed by atoms with Crippen LogP contribution in [0.15, 0.2) is 30.3 Å². The zero-order chi connectivity index (χ0) is 23.4. The van der Waals surface area contributed by atoms with Gasteiger partial charge in [0, 0.05) is 12.6 Å². The summed E-state index contributed by atoms with van der Waals surface area (Å²) >= 11 is 0. The normalized spacial score (nSPS) is 26.8. The quantitative estimate of drug-likeness (QED) is 0.632. The van der Waals surface area contributed by atoms with E-state index < -0.39 is 40.9 Å². The van der Waals surface area contributed by atoms with E-state index in [1.807, 2.05) is 23.5 Å². The van der Waals surface area contributed by atoms with Crippen LogP contribution in [0.5, 0.6) is 0 Å². The summed E-state index contributed by atoms with van der Waals surface area (Å²) in [6, 6.07) is 8.09. The standard InChI is InChI=1S/C21H30F3N3O4S/c1-32(29,30)26-18-11-12-27(20(28)25-14-21(22,23)24)19(18)13-31-17-9-7-16(8-10-17)15-5-3-2-4-6-15/h2-6,16-19,26H,7-14H2,1H3,(H,25,28)/t16?,17?,18-,19-/m1/s1. The van der Waals surface area contributed by atoms with Gasteiger partial charge in [0.15, 0.2) is 0 Å². The smallest absolute Gasteiger partial charge is 0.376 e. The number of carbonyl (C=O) groups is 1. The molecule has 1 aliphatic heterocycles. The van der Waals surface area contributed by atoms with E-state index in [0.29, 0.717) is 12.3 Å². The van der Waals surface area contributed by atoms with Crippen molar-refractivity contribution in [3.05, 3.63) is 35.9 Å². The molecule has 1 saturated carbocycles. The van der Waals surface area contributed by atoms with E-state index in [-0.39, 0.29) is 19.3 Å². The number of urea groups is 1. The van der Waals surface area contributed by atoms with Crippen LogP contribution < -0.4 is 10.0 Å². The van der Waals surface area contributed by atoms with Crippen LogP contribution in [0.2, 0.25) is 0 Å². The average molecular weight is 478 g/mol. The van der Waals surface area contributed by atoms with Crippen LogP contribution in [0.1, 0.15) is 43.6 Å². The number of amides is 2. The number of likely N-dealkylation sites (tertiary alicyclic amines) is 1. The molecule has 0 unspecified atom stereocenters. The van der Waals surface area contributed by atoms with Crippen molar-refractivity contribution in [2.24, 2.45) is 0 Å². The van der Waals surface area contributed by atoms with Crippen LogP contribution >= 0.6 is 0 Å². The average Bonchev–Trinajstić information content (AvgIpc) is 3.11. The Hall–Kier alpha value is -1.85. The minimum atomic E-state index is -4.52. The predicted molar refractivity (Wildman–Crippen MR) is 114 cm³/mol. The minimum Gasteiger partial charge on any atom is -0.376 e. The second kappa shape index (κ2) is 10.4. The molecule has 7 nitrogen and oxygen atoms in total. The molecule has 1 aliphatic carbocycles. The number of rotatable bonds is 7. The molecule has 2 fully saturated rings. The first kappa shape index (κ1) is 24.8. The van der Waals surface area contributed by atoms with Gasteiger partial charge in [-0.15, -0.1) is 0 Å². The Labute approximate surface area is 186 Å². The van der Waals surface area contributed by atoms with E-state index in [2.05, 4.69) is 16.9 Å². The topological polar surface area (TPSA) is 87.7 Å². The maximum absolute atomic E-state index is 12.5. The summed E-state index contributed by atoms with van der Waals surface area (Å²) < 4.78 is 69.5. The highest BCUT2D eigenvalue weighted by Crippen LogP contribution is 2.34. The zero-order valence-corrected chi connectivity index (χ0v) is 18.8. The van der Waals surface area contributed by atoms with Gasteiger partial charge < -0.3 is 15.0 Å². The molecule has 32 heavy (non-hydrogen) atoms. The van der Waals surface area contributed by atoms with Gasteiger partial charge >= 0.3 is 12.2 Å². The zero-order valence-electron chi connectivity index (χ0n) is 18.0. The SMILES string of the molecule is CS(=O)(=O)N[C@@H]1CCN(C(=O)NCC(F)(F)F)[C@@H]1COC1CCC(c2ccccc2)CC1. The van der Waals surface area contributed by atoms with E-state index in [1.165, 1.54) is 10.5 Å². The first-order valence-corrected chi connectivity index (χ1v) is 12.7. The van der Waals surface area contributed by atoms with E-state index in [1.54, 1.807) is 0 Å². The van der Waals surface area contributed by atoms with Crippen molar-refractivity contribution in [2.45, 2.75) is 62.4 Å². The molecule has 2 N–H and O–H groups in total. The van der Waals surface area contributed by atoms with Crippen LogP contribution in [0.4, 0.5) is 18.0 Å². The summed E-state index contributed by atoms with van der Waals surface area (Å²) in [6.07, 6.45) is 0.343. The highest BCUT2D eigenvalue weighted by atomic mass is 32.2. The Bertz CT molecular complexity index is 859. The maximum Gasteiger partial charge on any atom is 0.405 e. The van der Waals surface area contributed by atoms with Gasteiger partial charge in [-0.1, -0.05) is 30.3 Å². The van der Waals surface area contributed by atoms with Gasteiger partial charge in [0.2, 0.25) is 10.0 Å². The van der Waals surface area contributed by atoms with Crippen LogP contribution in [-0.4, -0.2) is 69.7 Å². The van der Waals surface area contributed by atoms with Gasteiger partial charge in [0.05, 0.1) is 25.0 Å². The Morgan fingerprint density at radius 2 is 1.78 bits per heavy atom. The van der Waals surface area contributed by atoms with Crippen molar-refractivity contribution in [3.63, 3.8) is 0 Å². The lowest BCUT2D eigenvalue weighted by molar-refractivity contribution is -0.123. The number of nitrogens with one attached hydrogen (secondary N) is 2. The number of carbonyl (C=O) groups excluding carboxylic acids is 1. The summed E-state index contributed by atoms with van der Waals surface area (Å²) in [5.74, 6) is 0.465. The first-order valence-electron chi connectivity index (χ1n) is 10.8. The molecule has 1 aromatic carbocycles. The van der Waals surface area contributed by atoms with Crippen molar-refractivity contribution in [2.75, 3.05) is 26.0 Å². The monoisotopic (exact) mass is 477 g/mol. The molecule has 0 spiro atoms.